The lowest BCUT2D eigenvalue weighted by Crippen LogP contribution is -2.21. The summed E-state index contributed by atoms with van der Waals surface area (Å²) in [6.07, 6.45) is 0. The summed E-state index contributed by atoms with van der Waals surface area (Å²) in [6, 6.07) is 9.13. The molecule has 0 fully saturated rings. The van der Waals surface area contributed by atoms with Gasteiger partial charge >= 0.3 is 0 Å². The van der Waals surface area contributed by atoms with Crippen LogP contribution in [0.2, 0.25) is 0 Å². The maximum Gasteiger partial charge on any atom is 0.169 e. The molecule has 0 radical (unpaired) electrons. The number of alkyl halides is 1. The molecule has 76 valence electrons. The van der Waals surface area contributed by atoms with Crippen molar-refractivity contribution in [2.45, 2.75) is 0 Å². The van der Waals surface area contributed by atoms with Gasteiger partial charge in [-0.2, -0.15) is 0 Å². The molecule has 0 bridgehead atoms. The van der Waals surface area contributed by atoms with E-state index in [0.29, 0.717) is 18.1 Å². The maximum atomic E-state index is 11.8. The lowest BCUT2D eigenvalue weighted by molar-refractivity contribution is 0.0834. The minimum Gasteiger partial charge on any atom is -0.384 e. The van der Waals surface area contributed by atoms with Gasteiger partial charge in [-0.25, -0.2) is 0 Å². The van der Waals surface area contributed by atoms with E-state index in [1.807, 2.05) is 18.2 Å². The zero-order valence-corrected chi connectivity index (χ0v) is 8.83. The van der Waals surface area contributed by atoms with Crippen molar-refractivity contribution in [2.75, 3.05) is 19.6 Å². The summed E-state index contributed by atoms with van der Waals surface area (Å²) < 4.78 is 4.93. The second-order valence-corrected chi connectivity index (χ2v) is 3.35. The van der Waals surface area contributed by atoms with Gasteiger partial charge in [-0.1, -0.05) is 30.3 Å². The van der Waals surface area contributed by atoms with Gasteiger partial charge in [0, 0.05) is 18.6 Å². The van der Waals surface area contributed by atoms with E-state index in [4.69, 9.17) is 16.3 Å². The van der Waals surface area contributed by atoms with Crippen LogP contribution in [0.25, 0.3) is 0 Å². The fourth-order valence-corrected chi connectivity index (χ4v) is 1.46. The fraction of sp³-hybridized carbons (Fsp3) is 0.364. The van der Waals surface area contributed by atoms with Crippen LogP contribution in [0, 0.1) is 5.92 Å². The van der Waals surface area contributed by atoms with E-state index in [1.165, 1.54) is 0 Å². The summed E-state index contributed by atoms with van der Waals surface area (Å²) in [7, 11) is 1.57. The lowest BCUT2D eigenvalue weighted by Gasteiger charge is -2.10. The Labute approximate surface area is 88.8 Å². The Morgan fingerprint density at radius 2 is 2.07 bits per heavy atom. The van der Waals surface area contributed by atoms with Gasteiger partial charge in [-0.3, -0.25) is 4.79 Å². The van der Waals surface area contributed by atoms with Crippen molar-refractivity contribution in [3.63, 3.8) is 0 Å². The molecular formula is C11H13ClO2. The molecule has 0 amide bonds. The minimum atomic E-state index is -0.246. The predicted molar refractivity (Wildman–Crippen MR) is 56.9 cm³/mol. The summed E-state index contributed by atoms with van der Waals surface area (Å²) >= 11 is 5.69. The third kappa shape index (κ3) is 2.82. The molecule has 1 rings (SSSR count). The molecule has 1 atom stereocenters. The van der Waals surface area contributed by atoms with E-state index >= 15 is 0 Å². The van der Waals surface area contributed by atoms with E-state index in [9.17, 15) is 4.79 Å². The number of hydrogen-bond donors (Lipinski definition) is 0. The Kier molecular flexibility index (Phi) is 4.63. The molecule has 0 heterocycles. The second-order valence-electron chi connectivity index (χ2n) is 3.04. The zero-order chi connectivity index (χ0) is 10.4. The summed E-state index contributed by atoms with van der Waals surface area (Å²) in [5.41, 5.74) is 0.690. The summed E-state index contributed by atoms with van der Waals surface area (Å²) in [5.74, 6) is 0.0909. The number of benzene rings is 1. The highest BCUT2D eigenvalue weighted by molar-refractivity contribution is 6.20. The average molecular weight is 213 g/mol. The molecule has 2 nitrogen and oxygen atoms in total. The highest BCUT2D eigenvalue weighted by Crippen LogP contribution is 2.10. The molecule has 0 aliphatic carbocycles. The Morgan fingerprint density at radius 3 is 2.57 bits per heavy atom. The molecule has 1 aromatic carbocycles. The second kappa shape index (κ2) is 5.78. The Morgan fingerprint density at radius 1 is 1.43 bits per heavy atom. The predicted octanol–water partition coefficient (Wildman–Crippen LogP) is 2.37. The topological polar surface area (TPSA) is 26.3 Å². The first-order chi connectivity index (χ1) is 6.79. The molecule has 1 unspecified atom stereocenters. The molecule has 0 spiro atoms. The summed E-state index contributed by atoms with van der Waals surface area (Å²) in [5, 5.41) is 0. The number of methoxy groups -OCH3 is 1. The van der Waals surface area contributed by atoms with E-state index in [0.717, 1.165) is 0 Å². The first kappa shape index (κ1) is 11.2. The van der Waals surface area contributed by atoms with E-state index in [-0.39, 0.29) is 11.7 Å². The van der Waals surface area contributed by atoms with Crippen LogP contribution < -0.4 is 0 Å². The number of rotatable bonds is 5. The normalized spacial score (nSPS) is 12.4. The highest BCUT2D eigenvalue weighted by atomic mass is 35.5. The number of ether oxygens (including phenoxy) is 1. The van der Waals surface area contributed by atoms with Crippen LogP contribution in [0.5, 0.6) is 0 Å². The third-order valence-corrected chi connectivity index (χ3v) is 2.36. The van der Waals surface area contributed by atoms with Crippen molar-refractivity contribution in [1.29, 1.82) is 0 Å². The van der Waals surface area contributed by atoms with E-state index < -0.39 is 0 Å². The van der Waals surface area contributed by atoms with Crippen molar-refractivity contribution in [1.82, 2.24) is 0 Å². The molecule has 3 heteroatoms. The van der Waals surface area contributed by atoms with Crippen molar-refractivity contribution in [3.05, 3.63) is 35.9 Å². The van der Waals surface area contributed by atoms with Crippen LogP contribution in [0.15, 0.2) is 30.3 Å². The van der Waals surface area contributed by atoms with Crippen LogP contribution in [-0.2, 0) is 4.74 Å². The molecule has 0 N–H and O–H groups in total. The van der Waals surface area contributed by atoms with Crippen molar-refractivity contribution in [3.8, 4) is 0 Å². The molecule has 0 saturated heterocycles. The minimum absolute atomic E-state index is 0.0439. The van der Waals surface area contributed by atoms with Crippen molar-refractivity contribution < 1.29 is 9.53 Å². The number of hydrogen-bond acceptors (Lipinski definition) is 2. The van der Waals surface area contributed by atoms with Gasteiger partial charge in [0.15, 0.2) is 5.78 Å². The van der Waals surface area contributed by atoms with Crippen molar-refractivity contribution in [2.24, 2.45) is 5.92 Å². The molecule has 0 aromatic heterocycles. The molecule has 14 heavy (non-hydrogen) atoms. The van der Waals surface area contributed by atoms with Crippen LogP contribution in [0.1, 0.15) is 10.4 Å². The standard InChI is InChI=1S/C11H13ClO2/c1-14-8-10(7-12)11(13)9-5-3-2-4-6-9/h2-6,10H,7-8H2,1H3. The van der Waals surface area contributed by atoms with Gasteiger partial charge in [-0.15, -0.1) is 11.6 Å². The number of ketones is 1. The Balaban J connectivity index is 2.73. The van der Waals surface area contributed by atoms with Gasteiger partial charge in [0.2, 0.25) is 0 Å². The number of carbonyl (C=O) groups excluding carboxylic acids is 1. The van der Waals surface area contributed by atoms with Crippen LogP contribution in [0.4, 0.5) is 0 Å². The molecule has 0 aliphatic rings. The van der Waals surface area contributed by atoms with E-state index in [1.54, 1.807) is 19.2 Å². The number of halogens is 1. The van der Waals surface area contributed by atoms with Crippen LogP contribution in [-0.4, -0.2) is 25.4 Å². The Hall–Kier alpha value is -0.860. The van der Waals surface area contributed by atoms with Crippen molar-refractivity contribution >= 4 is 17.4 Å². The number of Topliss-reactive ketones (excluding diaryl/α,β-unsaturated/α-hetero) is 1. The third-order valence-electron chi connectivity index (χ3n) is 1.98. The first-order valence-corrected chi connectivity index (χ1v) is 4.97. The van der Waals surface area contributed by atoms with Gasteiger partial charge in [0.05, 0.1) is 12.5 Å². The fourth-order valence-electron chi connectivity index (χ4n) is 1.23. The van der Waals surface area contributed by atoms with Gasteiger partial charge in [-0.05, 0) is 0 Å². The van der Waals surface area contributed by atoms with Crippen LogP contribution >= 0.6 is 11.6 Å². The molecular weight excluding hydrogens is 200 g/mol. The lowest BCUT2D eigenvalue weighted by atomic mass is 10.0. The molecule has 1 aromatic rings. The Bertz CT molecular complexity index is 285. The smallest absolute Gasteiger partial charge is 0.169 e. The number of carbonyl (C=O) groups is 1. The quantitative estimate of drug-likeness (QED) is 0.553. The van der Waals surface area contributed by atoms with Gasteiger partial charge < -0.3 is 4.74 Å². The average Bonchev–Trinajstić information content (AvgIpc) is 2.26. The van der Waals surface area contributed by atoms with Crippen LogP contribution in [0.3, 0.4) is 0 Å². The van der Waals surface area contributed by atoms with Gasteiger partial charge in [0.25, 0.3) is 0 Å². The first-order valence-electron chi connectivity index (χ1n) is 4.43. The maximum absolute atomic E-state index is 11.8. The summed E-state index contributed by atoms with van der Waals surface area (Å²) in [6.45, 7) is 0.372. The summed E-state index contributed by atoms with van der Waals surface area (Å²) in [4.78, 5) is 11.8. The molecule has 0 aliphatic heterocycles. The zero-order valence-electron chi connectivity index (χ0n) is 8.07. The van der Waals surface area contributed by atoms with E-state index in [2.05, 4.69) is 0 Å². The molecule has 0 saturated carbocycles. The van der Waals surface area contributed by atoms with Gasteiger partial charge in [0.1, 0.15) is 0 Å². The SMILES string of the molecule is COCC(CCl)C(=O)c1ccccc1. The largest absolute Gasteiger partial charge is 0.384 e. The monoisotopic (exact) mass is 212 g/mol. The highest BCUT2D eigenvalue weighted by Gasteiger charge is 2.18.